The molecule has 0 bridgehead atoms. The minimum Gasteiger partial charge on any atom is -0.336 e. The van der Waals surface area contributed by atoms with Gasteiger partial charge in [-0.2, -0.15) is 0 Å². The highest BCUT2D eigenvalue weighted by Gasteiger charge is 2.15. The number of hydrogen-bond donors (Lipinski definition) is 1. The summed E-state index contributed by atoms with van der Waals surface area (Å²) in [5, 5.41) is 4.65. The lowest BCUT2D eigenvalue weighted by Gasteiger charge is -2.16. The predicted molar refractivity (Wildman–Crippen MR) is 116 cm³/mol. The molecule has 0 radical (unpaired) electrons. The standard InChI is InChI=1S/C21H20FN3O2S2/c1-14-3-9-17(10-4-14)23-19(26)11-25(2)20(27)13-29-21-24-18(12-28-21)15-5-7-16(22)8-6-15/h3-10,12H,11,13H2,1-2H3,(H,23,26). The molecule has 3 aromatic rings. The van der Waals surface area contributed by atoms with Crippen molar-refractivity contribution in [3.05, 3.63) is 65.3 Å². The van der Waals surface area contributed by atoms with Crippen LogP contribution in [-0.2, 0) is 9.59 Å². The van der Waals surface area contributed by atoms with Crippen molar-refractivity contribution in [1.29, 1.82) is 0 Å². The molecule has 3 rings (SSSR count). The molecular formula is C21H20FN3O2S2. The minimum atomic E-state index is -0.293. The highest BCUT2D eigenvalue weighted by Crippen LogP contribution is 2.28. The lowest BCUT2D eigenvalue weighted by atomic mass is 10.2. The number of anilines is 1. The number of aryl methyl sites for hydroxylation is 1. The Hall–Kier alpha value is -2.71. The highest BCUT2D eigenvalue weighted by molar-refractivity contribution is 8.01. The second-order valence-electron chi connectivity index (χ2n) is 6.46. The van der Waals surface area contributed by atoms with Gasteiger partial charge in [0.25, 0.3) is 0 Å². The maximum Gasteiger partial charge on any atom is 0.243 e. The number of carbonyl (C=O) groups is 2. The van der Waals surface area contributed by atoms with Gasteiger partial charge in [-0.15, -0.1) is 11.3 Å². The van der Waals surface area contributed by atoms with Crippen molar-refractivity contribution in [2.75, 3.05) is 24.7 Å². The van der Waals surface area contributed by atoms with Gasteiger partial charge in [-0.05, 0) is 43.3 Å². The molecule has 8 heteroatoms. The van der Waals surface area contributed by atoms with E-state index in [1.165, 1.54) is 40.1 Å². The van der Waals surface area contributed by atoms with Gasteiger partial charge in [-0.3, -0.25) is 9.59 Å². The van der Waals surface area contributed by atoms with Crippen LogP contribution in [0.15, 0.2) is 58.3 Å². The van der Waals surface area contributed by atoms with Crippen molar-refractivity contribution in [3.63, 3.8) is 0 Å². The number of thiazole rings is 1. The number of aromatic nitrogens is 1. The highest BCUT2D eigenvalue weighted by atomic mass is 32.2. The molecule has 5 nitrogen and oxygen atoms in total. The molecule has 1 heterocycles. The Morgan fingerprint density at radius 2 is 1.83 bits per heavy atom. The first-order chi connectivity index (χ1) is 13.9. The van der Waals surface area contributed by atoms with Gasteiger partial charge >= 0.3 is 0 Å². The van der Waals surface area contributed by atoms with Crippen molar-refractivity contribution in [3.8, 4) is 11.3 Å². The van der Waals surface area contributed by atoms with Crippen molar-refractivity contribution in [1.82, 2.24) is 9.88 Å². The topological polar surface area (TPSA) is 62.3 Å². The summed E-state index contributed by atoms with van der Waals surface area (Å²) in [7, 11) is 1.60. The van der Waals surface area contributed by atoms with E-state index in [0.717, 1.165) is 21.2 Å². The number of carbonyl (C=O) groups excluding carboxylic acids is 2. The van der Waals surface area contributed by atoms with E-state index in [4.69, 9.17) is 0 Å². The molecule has 2 amide bonds. The van der Waals surface area contributed by atoms with Crippen molar-refractivity contribution >= 4 is 40.6 Å². The third kappa shape index (κ3) is 6.13. The van der Waals surface area contributed by atoms with Crippen LogP contribution >= 0.6 is 23.1 Å². The van der Waals surface area contributed by atoms with E-state index >= 15 is 0 Å². The molecule has 2 aromatic carbocycles. The normalized spacial score (nSPS) is 10.6. The average molecular weight is 430 g/mol. The molecule has 150 valence electrons. The van der Waals surface area contributed by atoms with Crippen LogP contribution in [0.2, 0.25) is 0 Å². The molecule has 0 unspecified atom stereocenters. The Morgan fingerprint density at radius 1 is 1.14 bits per heavy atom. The van der Waals surface area contributed by atoms with Gasteiger partial charge in [0.2, 0.25) is 11.8 Å². The maximum atomic E-state index is 13.0. The number of hydrogen-bond acceptors (Lipinski definition) is 5. The molecule has 0 spiro atoms. The number of rotatable bonds is 7. The van der Waals surface area contributed by atoms with Crippen LogP contribution in [0.5, 0.6) is 0 Å². The largest absolute Gasteiger partial charge is 0.336 e. The van der Waals surface area contributed by atoms with Crippen molar-refractivity contribution in [2.45, 2.75) is 11.3 Å². The monoisotopic (exact) mass is 429 g/mol. The van der Waals surface area contributed by atoms with Crippen LogP contribution in [0.3, 0.4) is 0 Å². The molecule has 0 atom stereocenters. The number of nitrogens with one attached hydrogen (secondary N) is 1. The van der Waals surface area contributed by atoms with Gasteiger partial charge in [-0.25, -0.2) is 9.37 Å². The van der Waals surface area contributed by atoms with Gasteiger partial charge in [0, 0.05) is 23.7 Å². The first-order valence-electron chi connectivity index (χ1n) is 8.85. The maximum absolute atomic E-state index is 13.0. The second kappa shape index (κ2) is 9.67. The first kappa shape index (κ1) is 21.0. The van der Waals surface area contributed by atoms with E-state index < -0.39 is 0 Å². The van der Waals surface area contributed by atoms with E-state index in [1.54, 1.807) is 19.2 Å². The van der Waals surface area contributed by atoms with E-state index in [2.05, 4.69) is 10.3 Å². The summed E-state index contributed by atoms with van der Waals surface area (Å²) in [5.41, 5.74) is 3.38. The average Bonchev–Trinajstić information content (AvgIpc) is 3.17. The number of amides is 2. The Balaban J connectivity index is 1.48. The number of nitrogens with zero attached hydrogens (tertiary/aromatic N) is 2. The molecular weight excluding hydrogens is 409 g/mol. The smallest absolute Gasteiger partial charge is 0.243 e. The summed E-state index contributed by atoms with van der Waals surface area (Å²) < 4.78 is 13.8. The van der Waals surface area contributed by atoms with Crippen LogP contribution < -0.4 is 5.32 Å². The first-order valence-corrected chi connectivity index (χ1v) is 10.7. The molecule has 0 aliphatic rings. The van der Waals surface area contributed by atoms with E-state index in [0.29, 0.717) is 5.69 Å². The van der Waals surface area contributed by atoms with Gasteiger partial charge in [-0.1, -0.05) is 29.5 Å². The number of halogens is 1. The predicted octanol–water partition coefficient (Wildman–Crippen LogP) is 4.45. The molecule has 0 fully saturated rings. The fourth-order valence-corrected chi connectivity index (χ4v) is 4.23. The van der Waals surface area contributed by atoms with Crippen LogP contribution in [0, 0.1) is 12.7 Å². The molecule has 1 N–H and O–H groups in total. The summed E-state index contributed by atoms with van der Waals surface area (Å²) in [6.07, 6.45) is 0. The third-order valence-corrected chi connectivity index (χ3v) is 6.09. The van der Waals surface area contributed by atoms with Gasteiger partial charge in [0.05, 0.1) is 18.0 Å². The zero-order valence-electron chi connectivity index (χ0n) is 16.0. The van der Waals surface area contributed by atoms with Crippen molar-refractivity contribution in [2.24, 2.45) is 0 Å². The Bertz CT molecular complexity index is 988. The lowest BCUT2D eigenvalue weighted by Crippen LogP contribution is -2.35. The number of likely N-dealkylation sites (N-methyl/N-ethyl adjacent to an activating group) is 1. The van der Waals surface area contributed by atoms with E-state index in [-0.39, 0.29) is 29.9 Å². The Morgan fingerprint density at radius 3 is 2.52 bits per heavy atom. The van der Waals surface area contributed by atoms with E-state index in [9.17, 15) is 14.0 Å². The minimum absolute atomic E-state index is 0.0219. The Kier molecular flexibility index (Phi) is 7.00. The van der Waals surface area contributed by atoms with Crippen LogP contribution in [-0.4, -0.2) is 41.0 Å². The molecule has 1 aromatic heterocycles. The summed E-state index contributed by atoms with van der Waals surface area (Å²) in [6, 6.07) is 13.6. The molecule has 0 saturated carbocycles. The third-order valence-electron chi connectivity index (χ3n) is 4.08. The SMILES string of the molecule is Cc1ccc(NC(=O)CN(C)C(=O)CSc2nc(-c3ccc(F)cc3)cs2)cc1. The molecule has 0 aliphatic heterocycles. The quantitative estimate of drug-likeness (QED) is 0.564. The fraction of sp³-hybridized carbons (Fsp3) is 0.190. The van der Waals surface area contributed by atoms with Crippen LogP contribution in [0.25, 0.3) is 11.3 Å². The zero-order valence-corrected chi connectivity index (χ0v) is 17.6. The van der Waals surface area contributed by atoms with Gasteiger partial charge < -0.3 is 10.2 Å². The summed E-state index contributed by atoms with van der Waals surface area (Å²) in [4.78, 5) is 30.3. The molecule has 0 saturated heterocycles. The zero-order chi connectivity index (χ0) is 20.8. The molecule has 0 aliphatic carbocycles. The van der Waals surface area contributed by atoms with Crippen LogP contribution in [0.4, 0.5) is 10.1 Å². The summed E-state index contributed by atoms with van der Waals surface area (Å²) >= 11 is 2.75. The summed E-state index contributed by atoms with van der Waals surface area (Å²) in [6.45, 7) is 1.95. The van der Waals surface area contributed by atoms with Crippen molar-refractivity contribution < 1.29 is 14.0 Å². The summed E-state index contributed by atoms with van der Waals surface area (Å²) in [5.74, 6) is -0.515. The number of benzene rings is 2. The second-order valence-corrected chi connectivity index (χ2v) is 8.54. The lowest BCUT2D eigenvalue weighted by molar-refractivity contribution is -0.131. The number of thioether (sulfide) groups is 1. The fourth-order valence-electron chi connectivity index (χ4n) is 2.45. The Labute approximate surface area is 177 Å². The van der Waals surface area contributed by atoms with Gasteiger partial charge in [0.1, 0.15) is 5.82 Å². The van der Waals surface area contributed by atoms with Gasteiger partial charge in [0.15, 0.2) is 4.34 Å². The van der Waals surface area contributed by atoms with E-state index in [1.807, 2.05) is 36.6 Å². The molecule has 29 heavy (non-hydrogen) atoms. The van der Waals surface area contributed by atoms with Crippen LogP contribution in [0.1, 0.15) is 5.56 Å².